The average Bonchev–Trinajstić information content (AvgIpc) is 3.18. The van der Waals surface area contributed by atoms with Crippen molar-refractivity contribution in [1.82, 2.24) is 0 Å². The molecule has 2 aromatic carbocycles. The lowest BCUT2D eigenvalue weighted by Crippen LogP contribution is -2.18. The Hall–Kier alpha value is -1.86. The molecule has 35 heavy (non-hydrogen) atoms. The summed E-state index contributed by atoms with van der Waals surface area (Å²) >= 11 is 0. The highest BCUT2D eigenvalue weighted by Gasteiger charge is 2.37. The van der Waals surface area contributed by atoms with Gasteiger partial charge in [0.15, 0.2) is 0 Å². The van der Waals surface area contributed by atoms with Crippen LogP contribution in [-0.4, -0.2) is 9.52 Å². The summed E-state index contributed by atoms with van der Waals surface area (Å²) < 4.78 is 0. The SMILES string of the molecule is CC1=C(C)C([Si]C2C(C)=C(C)c3c(C(C)C)cc(C(C)C)cc32)c2cc(C(C)C)cc(C(C)C)c21. The van der Waals surface area contributed by atoms with Crippen molar-refractivity contribution in [1.29, 1.82) is 0 Å². The van der Waals surface area contributed by atoms with E-state index in [0.717, 1.165) is 9.52 Å². The smallest absolute Gasteiger partial charge is 0.0655 e. The van der Waals surface area contributed by atoms with Gasteiger partial charge in [-0.25, -0.2) is 0 Å². The van der Waals surface area contributed by atoms with E-state index in [9.17, 15) is 0 Å². The van der Waals surface area contributed by atoms with E-state index in [-0.39, 0.29) is 0 Å². The molecule has 2 aromatic rings. The molecule has 0 saturated heterocycles. The maximum atomic E-state index is 2.56. The lowest BCUT2D eigenvalue weighted by molar-refractivity contribution is 0.824. The van der Waals surface area contributed by atoms with E-state index >= 15 is 0 Å². The monoisotopic (exact) mass is 482 g/mol. The van der Waals surface area contributed by atoms with Gasteiger partial charge in [-0.05, 0) is 118 Å². The molecule has 0 bridgehead atoms. The van der Waals surface area contributed by atoms with Crippen molar-refractivity contribution in [2.45, 2.75) is 118 Å². The Balaban J connectivity index is 1.87. The maximum Gasteiger partial charge on any atom is 0.0678 e. The normalized spacial score (nSPS) is 19.8. The number of fused-ring (bicyclic) bond motifs is 2. The Kier molecular flexibility index (Phi) is 7.15. The molecule has 4 rings (SSSR count). The predicted molar refractivity (Wildman–Crippen MR) is 157 cm³/mol. The molecule has 0 aromatic heterocycles. The third-order valence-corrected chi connectivity index (χ3v) is 10.9. The van der Waals surface area contributed by atoms with Crippen LogP contribution < -0.4 is 0 Å². The Morgan fingerprint density at radius 2 is 0.857 bits per heavy atom. The summed E-state index contributed by atoms with van der Waals surface area (Å²) in [6.45, 7) is 28.4. The third-order valence-electron chi connectivity index (χ3n) is 8.78. The summed E-state index contributed by atoms with van der Waals surface area (Å²) in [4.78, 5) is 0. The number of rotatable bonds is 6. The second kappa shape index (κ2) is 9.54. The molecule has 0 aliphatic heterocycles. The standard InChI is InChI=1S/C34H46Si/c1-17(2)25-13-27(19(5)6)31-21(9)23(11)33(29(31)15-25)35-34-24(12)22(10)32-28(20(7)8)14-26(18(3)4)16-30(32)34/h13-20,33-34H,1-12H3. The summed E-state index contributed by atoms with van der Waals surface area (Å²) in [7, 11) is 0.850. The molecule has 2 unspecified atom stereocenters. The van der Waals surface area contributed by atoms with Crippen molar-refractivity contribution in [3.63, 3.8) is 0 Å². The molecule has 0 nitrogen and oxygen atoms in total. The van der Waals surface area contributed by atoms with Crippen LogP contribution in [0.2, 0.25) is 0 Å². The van der Waals surface area contributed by atoms with E-state index in [1.807, 2.05) is 0 Å². The largest absolute Gasteiger partial charge is 0.0678 e. The fourth-order valence-corrected chi connectivity index (χ4v) is 8.29. The molecule has 0 fully saturated rings. The van der Waals surface area contributed by atoms with Crippen LogP contribution >= 0.6 is 0 Å². The highest BCUT2D eigenvalue weighted by Crippen LogP contribution is 2.51. The second-order valence-electron chi connectivity index (χ2n) is 12.4. The number of hydrogen-bond donors (Lipinski definition) is 0. The molecule has 1 heteroatoms. The van der Waals surface area contributed by atoms with Crippen molar-refractivity contribution >= 4 is 20.7 Å². The van der Waals surface area contributed by atoms with E-state index in [4.69, 9.17) is 0 Å². The van der Waals surface area contributed by atoms with E-state index in [1.165, 1.54) is 22.3 Å². The van der Waals surface area contributed by atoms with Gasteiger partial charge in [0.2, 0.25) is 0 Å². The molecule has 2 radical (unpaired) electrons. The van der Waals surface area contributed by atoms with Crippen molar-refractivity contribution < 1.29 is 0 Å². The minimum absolute atomic E-state index is 0.533. The Bertz CT molecular complexity index is 1120. The lowest BCUT2D eigenvalue weighted by Gasteiger charge is -2.24. The van der Waals surface area contributed by atoms with Crippen LogP contribution in [0.4, 0.5) is 0 Å². The minimum atomic E-state index is 0.533. The number of hydrogen-bond acceptors (Lipinski definition) is 0. The molecule has 2 aliphatic rings. The molecular weight excluding hydrogens is 436 g/mol. The highest BCUT2D eigenvalue weighted by atomic mass is 28.2. The Morgan fingerprint density at radius 1 is 0.514 bits per heavy atom. The molecule has 0 saturated carbocycles. The van der Waals surface area contributed by atoms with Crippen LogP contribution in [0.15, 0.2) is 35.4 Å². The van der Waals surface area contributed by atoms with Crippen LogP contribution in [0.1, 0.15) is 162 Å². The molecule has 0 spiro atoms. The fraction of sp³-hybridized carbons (Fsp3) is 0.529. The zero-order valence-electron chi connectivity index (χ0n) is 24.3. The van der Waals surface area contributed by atoms with Crippen LogP contribution in [0.25, 0.3) is 11.1 Å². The molecule has 186 valence electrons. The Labute approximate surface area is 218 Å². The van der Waals surface area contributed by atoms with Gasteiger partial charge < -0.3 is 0 Å². The van der Waals surface area contributed by atoms with Gasteiger partial charge in [-0.3, -0.25) is 0 Å². The topological polar surface area (TPSA) is 0 Å². The molecule has 2 atom stereocenters. The molecule has 0 heterocycles. The van der Waals surface area contributed by atoms with Crippen molar-refractivity contribution in [2.24, 2.45) is 0 Å². The van der Waals surface area contributed by atoms with Crippen molar-refractivity contribution in [3.05, 3.63) is 79.9 Å². The van der Waals surface area contributed by atoms with Crippen molar-refractivity contribution in [2.75, 3.05) is 0 Å². The average molecular weight is 483 g/mol. The zero-order valence-corrected chi connectivity index (χ0v) is 25.3. The zero-order chi connectivity index (χ0) is 25.9. The third kappa shape index (κ3) is 4.33. The molecular formula is C34H46Si. The molecule has 2 aliphatic carbocycles. The first-order chi connectivity index (χ1) is 16.3. The second-order valence-corrected chi connectivity index (χ2v) is 13.9. The number of benzene rings is 2. The molecule has 0 amide bonds. The van der Waals surface area contributed by atoms with E-state index in [1.54, 1.807) is 44.5 Å². The van der Waals surface area contributed by atoms with Crippen molar-refractivity contribution in [3.8, 4) is 0 Å². The van der Waals surface area contributed by atoms with Gasteiger partial charge in [-0.1, -0.05) is 90.8 Å². The first-order valence-electron chi connectivity index (χ1n) is 13.8. The van der Waals surface area contributed by atoms with Gasteiger partial charge in [0, 0.05) is 0 Å². The minimum Gasteiger partial charge on any atom is -0.0655 e. The first-order valence-corrected chi connectivity index (χ1v) is 15.0. The van der Waals surface area contributed by atoms with Crippen LogP contribution in [-0.2, 0) is 0 Å². The molecule has 0 N–H and O–H groups in total. The summed E-state index contributed by atoms with van der Waals surface area (Å²) in [5, 5.41) is 0. The lowest BCUT2D eigenvalue weighted by atomic mass is 9.87. The van der Waals surface area contributed by atoms with E-state index < -0.39 is 0 Å². The van der Waals surface area contributed by atoms with Gasteiger partial charge in [0.1, 0.15) is 0 Å². The quantitative estimate of drug-likeness (QED) is 0.359. The van der Waals surface area contributed by atoms with Gasteiger partial charge in [0.05, 0.1) is 9.52 Å². The predicted octanol–water partition coefficient (Wildman–Crippen LogP) is 10.3. The summed E-state index contributed by atoms with van der Waals surface area (Å²) in [5.74, 6) is 2.21. The van der Waals surface area contributed by atoms with Crippen LogP contribution in [0.5, 0.6) is 0 Å². The van der Waals surface area contributed by atoms with E-state index in [2.05, 4.69) is 107 Å². The van der Waals surface area contributed by atoms with E-state index in [0.29, 0.717) is 34.8 Å². The summed E-state index contributed by atoms with van der Waals surface area (Å²) in [6.07, 6.45) is 0. The highest BCUT2D eigenvalue weighted by molar-refractivity contribution is 6.44. The van der Waals surface area contributed by atoms with Gasteiger partial charge in [-0.2, -0.15) is 0 Å². The Morgan fingerprint density at radius 3 is 1.14 bits per heavy atom. The summed E-state index contributed by atoms with van der Waals surface area (Å²) in [6, 6.07) is 10.1. The van der Waals surface area contributed by atoms with Crippen LogP contribution in [0, 0.1) is 0 Å². The van der Waals surface area contributed by atoms with Crippen LogP contribution in [0.3, 0.4) is 0 Å². The summed E-state index contributed by atoms with van der Waals surface area (Å²) in [5.41, 5.74) is 19.8. The van der Waals surface area contributed by atoms with Gasteiger partial charge in [-0.15, -0.1) is 0 Å². The maximum absolute atomic E-state index is 2.56. The van der Waals surface area contributed by atoms with Gasteiger partial charge >= 0.3 is 0 Å². The van der Waals surface area contributed by atoms with Gasteiger partial charge in [0.25, 0.3) is 0 Å². The number of allylic oxidation sites excluding steroid dienone is 4. The first kappa shape index (κ1) is 26.2. The fourth-order valence-electron chi connectivity index (χ4n) is 6.21.